The number of carbonyl (C=O) groups is 1. The Balaban J connectivity index is 1.51. The summed E-state index contributed by atoms with van der Waals surface area (Å²) >= 11 is 12.2. The maximum atomic E-state index is 13.0. The molecule has 0 spiro atoms. The number of amides is 1. The van der Waals surface area contributed by atoms with E-state index in [9.17, 15) is 13.2 Å². The van der Waals surface area contributed by atoms with Crippen LogP contribution in [0.1, 0.15) is 16.8 Å². The molecule has 3 aromatic rings. The molecule has 1 aliphatic rings. The van der Waals surface area contributed by atoms with Gasteiger partial charge in [-0.15, -0.1) is 0 Å². The van der Waals surface area contributed by atoms with Gasteiger partial charge in [-0.25, -0.2) is 8.42 Å². The second kappa shape index (κ2) is 10.2. The fourth-order valence-electron chi connectivity index (χ4n) is 3.65. The number of nitrogens with one attached hydrogen (secondary N) is 2. The summed E-state index contributed by atoms with van der Waals surface area (Å²) in [4.78, 5) is 15.0. The molecule has 1 amide bonds. The van der Waals surface area contributed by atoms with Crippen molar-refractivity contribution in [2.24, 2.45) is 0 Å². The maximum absolute atomic E-state index is 13.0. The highest BCUT2D eigenvalue weighted by atomic mass is 35.5. The number of sulfonamides is 1. The highest BCUT2D eigenvalue weighted by Crippen LogP contribution is 2.30. The van der Waals surface area contributed by atoms with Gasteiger partial charge in [0.05, 0.1) is 21.2 Å². The number of rotatable bonds is 7. The molecule has 0 unspecified atom stereocenters. The molecule has 7 nitrogen and oxygen atoms in total. The lowest BCUT2D eigenvalue weighted by Crippen LogP contribution is -2.37. The molecule has 10 heteroatoms. The van der Waals surface area contributed by atoms with Crippen molar-refractivity contribution in [3.63, 3.8) is 0 Å². The monoisotopic (exact) mass is 519 g/mol. The van der Waals surface area contributed by atoms with Gasteiger partial charge in [-0.05, 0) is 74.6 Å². The first-order chi connectivity index (χ1) is 16.2. The summed E-state index contributed by atoms with van der Waals surface area (Å²) < 4.78 is 34.3. The molecule has 34 heavy (non-hydrogen) atoms. The van der Waals surface area contributed by atoms with Crippen LogP contribution in [0.15, 0.2) is 71.6 Å². The Kier molecular flexibility index (Phi) is 7.33. The van der Waals surface area contributed by atoms with Crippen molar-refractivity contribution < 1.29 is 17.9 Å². The number of hydrogen-bond donors (Lipinski definition) is 2. The van der Waals surface area contributed by atoms with Gasteiger partial charge in [-0.2, -0.15) is 0 Å². The molecule has 2 N–H and O–H groups in total. The first-order valence-electron chi connectivity index (χ1n) is 10.6. The summed E-state index contributed by atoms with van der Waals surface area (Å²) in [5.41, 5.74) is 0.300. The van der Waals surface area contributed by atoms with Crippen molar-refractivity contribution in [3.05, 3.63) is 82.3 Å². The highest BCUT2D eigenvalue weighted by Gasteiger charge is 2.24. The van der Waals surface area contributed by atoms with E-state index in [-0.39, 0.29) is 28.1 Å². The van der Waals surface area contributed by atoms with Crippen LogP contribution in [-0.2, 0) is 10.0 Å². The third kappa shape index (κ3) is 5.82. The van der Waals surface area contributed by atoms with Crippen LogP contribution >= 0.6 is 23.2 Å². The van der Waals surface area contributed by atoms with E-state index >= 15 is 0 Å². The molecule has 1 aliphatic heterocycles. The molecular formula is C24H23Cl2N3O4S. The molecule has 0 aliphatic carbocycles. The topological polar surface area (TPSA) is 87.7 Å². The Morgan fingerprint density at radius 3 is 2.47 bits per heavy atom. The molecular weight excluding hydrogens is 497 g/mol. The molecule has 0 aromatic heterocycles. The minimum absolute atomic E-state index is 0.00778. The molecule has 4 rings (SSSR count). The fraction of sp³-hybridized carbons (Fsp3) is 0.208. The third-order valence-electron chi connectivity index (χ3n) is 5.40. The van der Waals surface area contributed by atoms with Gasteiger partial charge in [0.25, 0.3) is 15.9 Å². The van der Waals surface area contributed by atoms with E-state index in [0.717, 1.165) is 19.5 Å². The second-order valence-corrected chi connectivity index (χ2v) is 10.5. The molecule has 1 fully saturated rings. The van der Waals surface area contributed by atoms with E-state index in [1.165, 1.54) is 42.5 Å². The molecule has 178 valence electrons. The Hall–Kier alpha value is -2.78. The Labute approximate surface area is 208 Å². The van der Waals surface area contributed by atoms with Gasteiger partial charge >= 0.3 is 0 Å². The van der Waals surface area contributed by atoms with E-state index in [1.54, 1.807) is 24.3 Å². The lowest BCUT2D eigenvalue weighted by Gasteiger charge is -2.16. The van der Waals surface area contributed by atoms with Crippen molar-refractivity contribution in [1.82, 2.24) is 10.2 Å². The lowest BCUT2D eigenvalue weighted by atomic mass is 10.1. The lowest BCUT2D eigenvalue weighted by molar-refractivity contribution is 0.0939. The molecule has 1 atom stereocenters. The van der Waals surface area contributed by atoms with Crippen LogP contribution in [-0.4, -0.2) is 45.4 Å². The standard InChI is InChI=1S/C24H23Cl2N3O4S/c1-29-13-12-17(15-29)27-24(30)20-14-16(25)6-11-22(20)28-34(31,32)19-9-7-18(8-10-19)33-23-5-3-2-4-21(23)26/h2-11,14,17,28H,12-13,15H2,1H3,(H,27,30)/t17-/m0/s1. The van der Waals surface area contributed by atoms with Crippen molar-refractivity contribution in [1.29, 1.82) is 0 Å². The number of halogens is 2. The number of anilines is 1. The summed E-state index contributed by atoms with van der Waals surface area (Å²) in [5.74, 6) is 0.507. The van der Waals surface area contributed by atoms with Crippen molar-refractivity contribution in [2.75, 3.05) is 24.9 Å². The average molecular weight is 520 g/mol. The van der Waals surface area contributed by atoms with Gasteiger partial charge in [0.15, 0.2) is 0 Å². The summed E-state index contributed by atoms with van der Waals surface area (Å²) in [7, 11) is -2.00. The van der Waals surface area contributed by atoms with Crippen LogP contribution in [0.4, 0.5) is 5.69 Å². The van der Waals surface area contributed by atoms with Crippen molar-refractivity contribution >= 4 is 44.8 Å². The SMILES string of the molecule is CN1CC[C@H](NC(=O)c2cc(Cl)ccc2NS(=O)(=O)c2ccc(Oc3ccccc3Cl)cc2)C1. The largest absolute Gasteiger partial charge is 0.456 e. The van der Waals surface area contributed by atoms with Crippen LogP contribution < -0.4 is 14.8 Å². The Morgan fingerprint density at radius 2 is 1.79 bits per heavy atom. The fourth-order valence-corrected chi connectivity index (χ4v) is 5.08. The maximum Gasteiger partial charge on any atom is 0.261 e. The smallest absolute Gasteiger partial charge is 0.261 e. The van der Waals surface area contributed by atoms with E-state index in [0.29, 0.717) is 21.5 Å². The van der Waals surface area contributed by atoms with Crippen LogP contribution in [0.2, 0.25) is 10.0 Å². The van der Waals surface area contributed by atoms with Gasteiger partial charge in [0.1, 0.15) is 11.5 Å². The van der Waals surface area contributed by atoms with Crippen LogP contribution in [0.5, 0.6) is 11.5 Å². The minimum atomic E-state index is -3.98. The number of likely N-dealkylation sites (N-methyl/N-ethyl adjacent to an activating group) is 1. The third-order valence-corrected chi connectivity index (χ3v) is 7.32. The van der Waals surface area contributed by atoms with E-state index < -0.39 is 10.0 Å². The molecule has 0 radical (unpaired) electrons. The quantitative estimate of drug-likeness (QED) is 0.457. The summed E-state index contributed by atoms with van der Waals surface area (Å²) in [6.07, 6.45) is 0.826. The molecule has 3 aromatic carbocycles. The first-order valence-corrected chi connectivity index (χ1v) is 12.8. The predicted octanol–water partition coefficient (Wildman–Crippen LogP) is 5.02. The van der Waals surface area contributed by atoms with Crippen LogP contribution in [0, 0.1) is 0 Å². The zero-order valence-corrected chi connectivity index (χ0v) is 20.6. The number of nitrogens with zero attached hydrogens (tertiary/aromatic N) is 1. The van der Waals surface area contributed by atoms with Crippen LogP contribution in [0.25, 0.3) is 0 Å². The van der Waals surface area contributed by atoms with Gasteiger partial charge in [-0.1, -0.05) is 35.3 Å². The normalized spacial score (nSPS) is 16.3. The number of hydrogen-bond acceptors (Lipinski definition) is 5. The number of carbonyl (C=O) groups excluding carboxylic acids is 1. The van der Waals surface area contributed by atoms with Gasteiger partial charge in [0.2, 0.25) is 0 Å². The zero-order chi connectivity index (χ0) is 24.3. The minimum Gasteiger partial charge on any atom is -0.456 e. The number of para-hydroxylation sites is 1. The molecule has 1 heterocycles. The molecule has 0 bridgehead atoms. The highest BCUT2D eigenvalue weighted by molar-refractivity contribution is 7.92. The average Bonchev–Trinajstić information content (AvgIpc) is 3.21. The van der Waals surface area contributed by atoms with Crippen LogP contribution in [0.3, 0.4) is 0 Å². The predicted molar refractivity (Wildman–Crippen MR) is 134 cm³/mol. The van der Waals surface area contributed by atoms with Gasteiger partial charge in [-0.3, -0.25) is 9.52 Å². The number of likely N-dealkylation sites (tertiary alicyclic amines) is 1. The number of benzene rings is 3. The Morgan fingerprint density at radius 1 is 1.06 bits per heavy atom. The molecule has 1 saturated heterocycles. The summed E-state index contributed by atoms with van der Waals surface area (Å²) in [5, 5.41) is 3.73. The van der Waals surface area contributed by atoms with E-state index in [1.807, 2.05) is 7.05 Å². The van der Waals surface area contributed by atoms with E-state index in [2.05, 4.69) is 14.9 Å². The Bertz CT molecular complexity index is 1300. The molecule has 0 saturated carbocycles. The number of ether oxygens (including phenoxy) is 1. The second-order valence-electron chi connectivity index (χ2n) is 8.02. The van der Waals surface area contributed by atoms with Gasteiger partial charge < -0.3 is 15.0 Å². The zero-order valence-electron chi connectivity index (χ0n) is 18.3. The van der Waals surface area contributed by atoms with Crippen molar-refractivity contribution in [2.45, 2.75) is 17.4 Å². The summed E-state index contributed by atoms with van der Waals surface area (Å²) in [6, 6.07) is 17.3. The van der Waals surface area contributed by atoms with Crippen molar-refractivity contribution in [3.8, 4) is 11.5 Å². The first kappa shape index (κ1) is 24.3. The summed E-state index contributed by atoms with van der Waals surface area (Å²) in [6.45, 7) is 1.62. The van der Waals surface area contributed by atoms with Gasteiger partial charge in [0, 0.05) is 17.6 Å². The van der Waals surface area contributed by atoms with E-state index in [4.69, 9.17) is 27.9 Å².